The molecule has 1 aromatic heterocycles. The van der Waals surface area contributed by atoms with Gasteiger partial charge in [-0.1, -0.05) is 152 Å². The van der Waals surface area contributed by atoms with E-state index in [4.69, 9.17) is 4.42 Å². The second-order valence-corrected chi connectivity index (χ2v) is 12.0. The predicted octanol–water partition coefficient (Wildman–Crippen LogP) is 12.6. The van der Waals surface area contributed by atoms with Crippen molar-refractivity contribution in [1.29, 1.82) is 0 Å². The Balaban J connectivity index is 1.10. The molecule has 0 spiro atoms. The van der Waals surface area contributed by atoms with Crippen LogP contribution in [0.1, 0.15) is 11.1 Å². The zero-order valence-electron chi connectivity index (χ0n) is 25.3. The lowest BCUT2D eigenvalue weighted by Crippen LogP contribution is -1.91. The Labute approximate surface area is 267 Å². The highest BCUT2D eigenvalue weighted by Crippen LogP contribution is 2.43. The summed E-state index contributed by atoms with van der Waals surface area (Å²) < 4.78 is 6.04. The first kappa shape index (κ1) is 26.5. The summed E-state index contributed by atoms with van der Waals surface area (Å²) in [6, 6.07) is 56.7. The number of rotatable bonds is 5. The third-order valence-electron chi connectivity index (χ3n) is 9.32. The van der Waals surface area contributed by atoms with Crippen LogP contribution in [0.4, 0.5) is 0 Å². The molecule has 0 atom stereocenters. The van der Waals surface area contributed by atoms with Gasteiger partial charge in [-0.15, -0.1) is 0 Å². The SMILES string of the molecule is C(=C\c1c2ccccc2c(-c2ccccc2)c2c1ccc1ccccc12)/Cc1ccc(-c2ccc3oc4ccccc4c3c2)cc1. The number of benzene rings is 8. The van der Waals surface area contributed by atoms with Gasteiger partial charge < -0.3 is 4.42 Å². The van der Waals surface area contributed by atoms with Crippen LogP contribution in [-0.2, 0) is 6.42 Å². The van der Waals surface area contributed by atoms with Crippen LogP contribution in [0, 0.1) is 0 Å². The molecule has 0 fully saturated rings. The van der Waals surface area contributed by atoms with E-state index in [2.05, 4.69) is 158 Å². The highest BCUT2D eigenvalue weighted by molar-refractivity contribution is 6.25. The van der Waals surface area contributed by atoms with Crippen molar-refractivity contribution in [3.63, 3.8) is 0 Å². The molecule has 9 rings (SSSR count). The van der Waals surface area contributed by atoms with Gasteiger partial charge in [-0.2, -0.15) is 0 Å². The van der Waals surface area contributed by atoms with E-state index >= 15 is 0 Å². The monoisotopic (exact) mass is 586 g/mol. The van der Waals surface area contributed by atoms with Crippen LogP contribution in [0.3, 0.4) is 0 Å². The number of hydrogen-bond donors (Lipinski definition) is 0. The van der Waals surface area contributed by atoms with Gasteiger partial charge in [0, 0.05) is 10.8 Å². The van der Waals surface area contributed by atoms with Crippen LogP contribution in [0.5, 0.6) is 0 Å². The summed E-state index contributed by atoms with van der Waals surface area (Å²) in [6.45, 7) is 0. The summed E-state index contributed by atoms with van der Waals surface area (Å²) in [7, 11) is 0. The predicted molar refractivity (Wildman–Crippen MR) is 196 cm³/mol. The lowest BCUT2D eigenvalue weighted by molar-refractivity contribution is 0.669. The Hall–Kier alpha value is -5.92. The van der Waals surface area contributed by atoms with Gasteiger partial charge >= 0.3 is 0 Å². The normalized spacial score (nSPS) is 11.9. The number of para-hydroxylation sites is 1. The lowest BCUT2D eigenvalue weighted by atomic mass is 9.86. The van der Waals surface area contributed by atoms with Crippen molar-refractivity contribution in [2.45, 2.75) is 6.42 Å². The van der Waals surface area contributed by atoms with E-state index in [1.54, 1.807) is 0 Å². The molecule has 0 saturated carbocycles. The average Bonchev–Trinajstić information content (AvgIpc) is 3.50. The molecule has 0 saturated heterocycles. The van der Waals surface area contributed by atoms with E-state index in [-0.39, 0.29) is 0 Å². The van der Waals surface area contributed by atoms with Crippen LogP contribution in [0.15, 0.2) is 168 Å². The molecule has 0 N–H and O–H groups in total. The fraction of sp³-hybridized carbons (Fsp3) is 0.0222. The van der Waals surface area contributed by atoms with Crippen LogP contribution in [0.2, 0.25) is 0 Å². The molecule has 8 aromatic carbocycles. The molecule has 216 valence electrons. The van der Waals surface area contributed by atoms with Crippen molar-refractivity contribution >= 4 is 60.3 Å². The Morgan fingerprint density at radius 3 is 1.96 bits per heavy atom. The smallest absolute Gasteiger partial charge is 0.135 e. The maximum atomic E-state index is 6.04. The molecule has 0 radical (unpaired) electrons. The summed E-state index contributed by atoms with van der Waals surface area (Å²) in [5.41, 5.74) is 9.37. The largest absolute Gasteiger partial charge is 0.456 e. The van der Waals surface area contributed by atoms with E-state index in [9.17, 15) is 0 Å². The zero-order chi connectivity index (χ0) is 30.5. The summed E-state index contributed by atoms with van der Waals surface area (Å²) >= 11 is 0. The number of hydrogen-bond acceptors (Lipinski definition) is 1. The summed E-state index contributed by atoms with van der Waals surface area (Å²) in [5.74, 6) is 0. The van der Waals surface area contributed by atoms with Crippen LogP contribution in [-0.4, -0.2) is 0 Å². The van der Waals surface area contributed by atoms with Gasteiger partial charge in [0.05, 0.1) is 0 Å². The third-order valence-corrected chi connectivity index (χ3v) is 9.32. The summed E-state index contributed by atoms with van der Waals surface area (Å²) in [6.07, 6.45) is 5.51. The van der Waals surface area contributed by atoms with Gasteiger partial charge in [0.2, 0.25) is 0 Å². The van der Waals surface area contributed by atoms with Gasteiger partial charge in [-0.25, -0.2) is 0 Å². The first-order valence-electron chi connectivity index (χ1n) is 15.9. The topological polar surface area (TPSA) is 13.1 Å². The van der Waals surface area contributed by atoms with E-state index in [0.29, 0.717) is 0 Å². The summed E-state index contributed by atoms with van der Waals surface area (Å²) in [4.78, 5) is 0. The minimum absolute atomic E-state index is 0.857. The minimum Gasteiger partial charge on any atom is -0.456 e. The van der Waals surface area contributed by atoms with Gasteiger partial charge in [0.25, 0.3) is 0 Å². The van der Waals surface area contributed by atoms with Gasteiger partial charge in [-0.05, 0) is 90.3 Å². The Morgan fingerprint density at radius 1 is 0.435 bits per heavy atom. The first-order valence-corrected chi connectivity index (χ1v) is 15.9. The van der Waals surface area contributed by atoms with Gasteiger partial charge in [0.15, 0.2) is 0 Å². The Kier molecular flexibility index (Phi) is 6.28. The van der Waals surface area contributed by atoms with Crippen molar-refractivity contribution in [2.75, 3.05) is 0 Å². The standard InChI is InChI=1S/C45H30O/c1-2-13-33(14-3-1)44-39-18-7-6-16-36(39)37(40-27-25-32-12-4-5-15-35(32)45(40)44)19-10-11-30-21-23-31(24-22-30)34-26-28-43-41(29-34)38-17-8-9-20-42(38)46-43/h1-10,12-29H,11H2/b19-10+. The average molecular weight is 587 g/mol. The van der Waals surface area contributed by atoms with Crippen molar-refractivity contribution in [3.05, 3.63) is 175 Å². The number of furan rings is 1. The molecule has 0 aliphatic heterocycles. The van der Waals surface area contributed by atoms with Gasteiger partial charge in [-0.3, -0.25) is 0 Å². The first-order chi connectivity index (χ1) is 22.8. The molecule has 0 aliphatic carbocycles. The molecule has 1 heteroatoms. The molecule has 1 nitrogen and oxygen atoms in total. The summed E-state index contributed by atoms with van der Waals surface area (Å²) in [5, 5.41) is 10.0. The molecule has 0 bridgehead atoms. The molecule has 0 amide bonds. The molecule has 0 aliphatic rings. The van der Waals surface area contributed by atoms with Crippen LogP contribution < -0.4 is 0 Å². The second kappa shape index (κ2) is 10.9. The van der Waals surface area contributed by atoms with Crippen molar-refractivity contribution < 1.29 is 4.42 Å². The fourth-order valence-electron chi connectivity index (χ4n) is 7.12. The van der Waals surface area contributed by atoms with E-state index in [0.717, 1.165) is 28.4 Å². The molecule has 9 aromatic rings. The van der Waals surface area contributed by atoms with Crippen molar-refractivity contribution in [1.82, 2.24) is 0 Å². The van der Waals surface area contributed by atoms with E-state index in [1.165, 1.54) is 65.7 Å². The maximum Gasteiger partial charge on any atom is 0.135 e. The fourth-order valence-corrected chi connectivity index (χ4v) is 7.12. The third kappa shape index (κ3) is 4.40. The lowest BCUT2D eigenvalue weighted by Gasteiger charge is -2.17. The van der Waals surface area contributed by atoms with Crippen LogP contribution >= 0.6 is 0 Å². The Bertz CT molecular complexity index is 2580. The van der Waals surface area contributed by atoms with Crippen LogP contribution in [0.25, 0.3) is 82.6 Å². The quantitative estimate of drug-likeness (QED) is 0.144. The molecule has 1 heterocycles. The zero-order valence-corrected chi connectivity index (χ0v) is 25.3. The van der Waals surface area contributed by atoms with Crippen molar-refractivity contribution in [3.8, 4) is 22.3 Å². The molecule has 0 unspecified atom stereocenters. The van der Waals surface area contributed by atoms with E-state index < -0.39 is 0 Å². The van der Waals surface area contributed by atoms with Crippen molar-refractivity contribution in [2.24, 2.45) is 0 Å². The van der Waals surface area contributed by atoms with Gasteiger partial charge in [0.1, 0.15) is 11.2 Å². The maximum absolute atomic E-state index is 6.04. The highest BCUT2D eigenvalue weighted by Gasteiger charge is 2.16. The minimum atomic E-state index is 0.857. The Morgan fingerprint density at radius 2 is 1.11 bits per heavy atom. The van der Waals surface area contributed by atoms with E-state index in [1.807, 2.05) is 12.1 Å². The molecular weight excluding hydrogens is 556 g/mol. The second-order valence-electron chi connectivity index (χ2n) is 12.0. The number of fused-ring (bicyclic) bond motifs is 7. The molecular formula is C45H30O. The number of allylic oxidation sites excluding steroid dienone is 1. The molecule has 46 heavy (non-hydrogen) atoms. The highest BCUT2D eigenvalue weighted by atomic mass is 16.3.